The molecule has 0 heterocycles. The second-order valence-electron chi connectivity index (χ2n) is 6.06. The molecule has 0 aromatic carbocycles. The molecule has 17 heavy (non-hydrogen) atoms. The van der Waals surface area contributed by atoms with Crippen molar-refractivity contribution in [2.75, 3.05) is 26.2 Å². The van der Waals surface area contributed by atoms with Crippen LogP contribution in [0.25, 0.3) is 0 Å². The first-order valence-corrected chi connectivity index (χ1v) is 7.48. The van der Waals surface area contributed by atoms with E-state index in [-0.39, 0.29) is 5.41 Å². The van der Waals surface area contributed by atoms with Crippen LogP contribution in [0.1, 0.15) is 66.2 Å². The van der Waals surface area contributed by atoms with Crippen LogP contribution in [0, 0.1) is 5.41 Å². The van der Waals surface area contributed by atoms with Gasteiger partial charge in [0.1, 0.15) is 0 Å². The van der Waals surface area contributed by atoms with Gasteiger partial charge in [0.2, 0.25) is 0 Å². The van der Waals surface area contributed by atoms with E-state index in [1.165, 1.54) is 51.6 Å². The van der Waals surface area contributed by atoms with Gasteiger partial charge in [-0.3, -0.25) is 0 Å². The third-order valence-electron chi connectivity index (χ3n) is 3.32. The Labute approximate surface area is 109 Å². The lowest BCUT2D eigenvalue weighted by Crippen LogP contribution is -2.39. The molecule has 0 aromatic heterocycles. The number of rotatable bonds is 11. The topological polar surface area (TPSA) is 29.3 Å². The molecule has 0 spiro atoms. The van der Waals surface area contributed by atoms with E-state index < -0.39 is 0 Å². The summed E-state index contributed by atoms with van der Waals surface area (Å²) in [4.78, 5) is 2.60. The first kappa shape index (κ1) is 16.9. The largest absolute Gasteiger partial charge is 0.330 e. The van der Waals surface area contributed by atoms with Gasteiger partial charge in [0.05, 0.1) is 0 Å². The molecule has 2 heteroatoms. The first-order valence-electron chi connectivity index (χ1n) is 7.48. The number of unbranched alkanes of at least 4 members (excludes halogenated alkanes) is 4. The van der Waals surface area contributed by atoms with Crippen LogP contribution in [0.3, 0.4) is 0 Å². The summed E-state index contributed by atoms with van der Waals surface area (Å²) in [7, 11) is 0. The standard InChI is InChI=1S/C15H34N2/c1-5-7-8-9-10-12-17(11-6-2)14-15(3,4)13-16/h5-14,16H2,1-4H3. The zero-order chi connectivity index (χ0) is 13.1. The Balaban J connectivity index is 3.82. The molecule has 0 radical (unpaired) electrons. The summed E-state index contributed by atoms with van der Waals surface area (Å²) in [6.45, 7) is 13.5. The molecule has 0 unspecified atom stereocenters. The van der Waals surface area contributed by atoms with Crippen molar-refractivity contribution in [3.8, 4) is 0 Å². The van der Waals surface area contributed by atoms with Gasteiger partial charge >= 0.3 is 0 Å². The van der Waals surface area contributed by atoms with E-state index >= 15 is 0 Å². The van der Waals surface area contributed by atoms with E-state index in [0.29, 0.717) is 0 Å². The highest BCUT2D eigenvalue weighted by Crippen LogP contribution is 2.16. The van der Waals surface area contributed by atoms with Crippen molar-refractivity contribution in [1.29, 1.82) is 0 Å². The minimum Gasteiger partial charge on any atom is -0.330 e. The molecule has 2 N–H and O–H groups in total. The number of nitrogens with two attached hydrogens (primary N) is 1. The normalized spacial score (nSPS) is 12.4. The monoisotopic (exact) mass is 242 g/mol. The second kappa shape index (κ2) is 9.90. The van der Waals surface area contributed by atoms with Crippen molar-refractivity contribution in [1.82, 2.24) is 4.90 Å². The van der Waals surface area contributed by atoms with Gasteiger partial charge in [-0.2, -0.15) is 0 Å². The lowest BCUT2D eigenvalue weighted by molar-refractivity contribution is 0.179. The smallest absolute Gasteiger partial charge is 0.00447 e. The van der Waals surface area contributed by atoms with Gasteiger partial charge in [0, 0.05) is 6.54 Å². The highest BCUT2D eigenvalue weighted by Gasteiger charge is 2.19. The minimum absolute atomic E-state index is 0.262. The maximum absolute atomic E-state index is 5.82. The average Bonchev–Trinajstić information content (AvgIpc) is 2.28. The first-order chi connectivity index (χ1) is 8.05. The van der Waals surface area contributed by atoms with Crippen molar-refractivity contribution in [2.45, 2.75) is 66.2 Å². The fraction of sp³-hybridized carbons (Fsp3) is 1.00. The second-order valence-corrected chi connectivity index (χ2v) is 6.06. The third kappa shape index (κ3) is 9.61. The molecule has 2 nitrogen and oxygen atoms in total. The summed E-state index contributed by atoms with van der Waals surface area (Å²) in [6, 6.07) is 0. The average molecular weight is 242 g/mol. The SMILES string of the molecule is CCCCCCCN(CCC)CC(C)(C)CN. The van der Waals surface area contributed by atoms with Gasteiger partial charge in [0.15, 0.2) is 0 Å². The van der Waals surface area contributed by atoms with Gasteiger partial charge in [-0.05, 0) is 37.9 Å². The van der Waals surface area contributed by atoms with E-state index in [0.717, 1.165) is 13.1 Å². The maximum Gasteiger partial charge on any atom is 0.00447 e. The molecule has 0 bridgehead atoms. The Morgan fingerprint density at radius 2 is 1.53 bits per heavy atom. The Morgan fingerprint density at radius 1 is 0.882 bits per heavy atom. The van der Waals surface area contributed by atoms with Crippen LogP contribution in [-0.4, -0.2) is 31.1 Å². The molecule has 104 valence electrons. The molecular weight excluding hydrogens is 208 g/mol. The zero-order valence-corrected chi connectivity index (χ0v) is 12.6. The van der Waals surface area contributed by atoms with Crippen LogP contribution in [-0.2, 0) is 0 Å². The number of hydrogen-bond donors (Lipinski definition) is 1. The number of nitrogens with zero attached hydrogens (tertiary/aromatic N) is 1. The summed E-state index contributed by atoms with van der Waals surface area (Å²) >= 11 is 0. The fourth-order valence-electron chi connectivity index (χ4n) is 2.19. The summed E-state index contributed by atoms with van der Waals surface area (Å²) in [5.41, 5.74) is 6.08. The van der Waals surface area contributed by atoms with Crippen molar-refractivity contribution >= 4 is 0 Å². The van der Waals surface area contributed by atoms with Crippen LogP contribution in [0.5, 0.6) is 0 Å². The molecule has 0 saturated carbocycles. The van der Waals surface area contributed by atoms with Gasteiger partial charge < -0.3 is 10.6 Å². The minimum atomic E-state index is 0.262. The highest BCUT2D eigenvalue weighted by molar-refractivity contribution is 4.74. The summed E-state index contributed by atoms with van der Waals surface area (Å²) in [5, 5.41) is 0. The quantitative estimate of drug-likeness (QED) is 0.560. The molecule has 0 rings (SSSR count). The molecule has 0 aliphatic rings. The predicted molar refractivity (Wildman–Crippen MR) is 78.3 cm³/mol. The molecule has 0 fully saturated rings. The van der Waals surface area contributed by atoms with Crippen molar-refractivity contribution in [3.63, 3.8) is 0 Å². The summed E-state index contributed by atoms with van der Waals surface area (Å²) in [6.07, 6.45) is 8.10. The zero-order valence-electron chi connectivity index (χ0n) is 12.6. The Bertz CT molecular complexity index is 166. The van der Waals surface area contributed by atoms with E-state index in [9.17, 15) is 0 Å². The molecule has 0 aliphatic carbocycles. The molecule has 0 aromatic rings. The van der Waals surface area contributed by atoms with Crippen molar-refractivity contribution in [2.24, 2.45) is 11.1 Å². The Hall–Kier alpha value is -0.0800. The fourth-order valence-corrected chi connectivity index (χ4v) is 2.19. The van der Waals surface area contributed by atoms with Gasteiger partial charge in [0.25, 0.3) is 0 Å². The van der Waals surface area contributed by atoms with Crippen molar-refractivity contribution < 1.29 is 0 Å². The lowest BCUT2D eigenvalue weighted by Gasteiger charge is -2.31. The highest BCUT2D eigenvalue weighted by atomic mass is 15.1. The molecule has 0 aliphatic heterocycles. The van der Waals surface area contributed by atoms with Crippen LogP contribution in [0.4, 0.5) is 0 Å². The Morgan fingerprint density at radius 3 is 2.06 bits per heavy atom. The van der Waals surface area contributed by atoms with Crippen LogP contribution in [0.15, 0.2) is 0 Å². The predicted octanol–water partition coefficient (Wildman–Crippen LogP) is 3.65. The van der Waals surface area contributed by atoms with Gasteiger partial charge in [-0.1, -0.05) is 53.4 Å². The number of hydrogen-bond acceptors (Lipinski definition) is 2. The van der Waals surface area contributed by atoms with Crippen LogP contribution in [0.2, 0.25) is 0 Å². The molecule has 0 amide bonds. The summed E-state index contributed by atoms with van der Waals surface area (Å²) in [5.74, 6) is 0. The van der Waals surface area contributed by atoms with E-state index in [1.807, 2.05) is 0 Å². The van der Waals surface area contributed by atoms with E-state index in [1.54, 1.807) is 0 Å². The molecule has 0 saturated heterocycles. The molecular formula is C15H34N2. The maximum atomic E-state index is 5.82. The van der Waals surface area contributed by atoms with Gasteiger partial charge in [-0.15, -0.1) is 0 Å². The Kier molecular flexibility index (Phi) is 9.85. The molecule has 0 atom stereocenters. The van der Waals surface area contributed by atoms with Crippen LogP contribution < -0.4 is 5.73 Å². The third-order valence-corrected chi connectivity index (χ3v) is 3.32. The van der Waals surface area contributed by atoms with E-state index in [4.69, 9.17) is 5.73 Å². The van der Waals surface area contributed by atoms with Gasteiger partial charge in [-0.25, -0.2) is 0 Å². The summed E-state index contributed by atoms with van der Waals surface area (Å²) < 4.78 is 0. The lowest BCUT2D eigenvalue weighted by atomic mass is 9.93. The van der Waals surface area contributed by atoms with E-state index in [2.05, 4.69) is 32.6 Å². The van der Waals surface area contributed by atoms with Crippen molar-refractivity contribution in [3.05, 3.63) is 0 Å². The van der Waals surface area contributed by atoms with Crippen LogP contribution >= 0.6 is 0 Å².